The number of aromatic nitrogens is 1. The standard InChI is InChI=1S/C28H25F6N3O4S/c29-27(30,31)15-18-14-26(40,17-42(41)19-8-2-1-3-9-19)37(25(18)39)13-7-6-12-35-23-20-10-4-5-11-22(20)36-16-21(23)24(38)28(32,33)34/h1-5,8-11,14,16,40H,6-7,12-13,15,17H2,(H,35,36). The van der Waals surface area contributed by atoms with Crippen LogP contribution in [0.4, 0.5) is 32.0 Å². The van der Waals surface area contributed by atoms with Crippen molar-refractivity contribution in [2.45, 2.75) is 42.2 Å². The molecule has 14 heteroatoms. The van der Waals surface area contributed by atoms with Gasteiger partial charge in [0.05, 0.1) is 39.7 Å². The predicted molar refractivity (Wildman–Crippen MR) is 143 cm³/mol. The van der Waals surface area contributed by atoms with Gasteiger partial charge in [-0.25, -0.2) is 0 Å². The van der Waals surface area contributed by atoms with Gasteiger partial charge in [0.1, 0.15) is 0 Å². The lowest BCUT2D eigenvalue weighted by atomic mass is 10.1. The summed E-state index contributed by atoms with van der Waals surface area (Å²) >= 11 is 0. The minimum Gasteiger partial charge on any atom is -0.384 e. The molecule has 2 unspecified atom stereocenters. The number of aliphatic hydroxyl groups is 1. The van der Waals surface area contributed by atoms with Crippen molar-refractivity contribution in [3.05, 3.63) is 78.0 Å². The van der Waals surface area contributed by atoms with Crippen molar-refractivity contribution in [2.75, 3.05) is 24.2 Å². The molecule has 0 saturated carbocycles. The number of pyridine rings is 1. The molecule has 1 aliphatic heterocycles. The van der Waals surface area contributed by atoms with Crippen LogP contribution in [-0.2, 0) is 15.6 Å². The Balaban J connectivity index is 1.48. The van der Waals surface area contributed by atoms with E-state index >= 15 is 0 Å². The number of hydrogen-bond acceptors (Lipinski definition) is 6. The van der Waals surface area contributed by atoms with Crippen LogP contribution in [0.5, 0.6) is 0 Å². The summed E-state index contributed by atoms with van der Waals surface area (Å²) in [6.45, 7) is -0.211. The van der Waals surface area contributed by atoms with Crippen LogP contribution in [0.2, 0.25) is 0 Å². The highest BCUT2D eigenvalue weighted by Gasteiger charge is 2.47. The molecule has 0 bridgehead atoms. The molecule has 1 amide bonds. The monoisotopic (exact) mass is 613 g/mol. The smallest absolute Gasteiger partial charge is 0.384 e. The molecule has 2 N–H and O–H groups in total. The summed E-state index contributed by atoms with van der Waals surface area (Å²) in [4.78, 5) is 30.0. The first-order chi connectivity index (χ1) is 19.7. The zero-order valence-corrected chi connectivity index (χ0v) is 22.7. The van der Waals surface area contributed by atoms with Crippen LogP contribution in [-0.4, -0.2) is 67.8 Å². The fourth-order valence-electron chi connectivity index (χ4n) is 4.64. The van der Waals surface area contributed by atoms with Gasteiger partial charge in [0.2, 0.25) is 0 Å². The Hall–Kier alpha value is -3.78. The van der Waals surface area contributed by atoms with Crippen LogP contribution < -0.4 is 5.32 Å². The van der Waals surface area contributed by atoms with Crippen LogP contribution in [0.25, 0.3) is 10.9 Å². The second-order valence-electron chi connectivity index (χ2n) is 9.62. The van der Waals surface area contributed by atoms with Crippen molar-refractivity contribution in [2.24, 2.45) is 0 Å². The highest BCUT2D eigenvalue weighted by Crippen LogP contribution is 2.35. The number of rotatable bonds is 11. The molecular weight excluding hydrogens is 588 g/mol. The van der Waals surface area contributed by atoms with Gasteiger partial charge in [0, 0.05) is 35.1 Å². The van der Waals surface area contributed by atoms with Gasteiger partial charge >= 0.3 is 12.4 Å². The molecule has 0 saturated heterocycles. The second-order valence-corrected chi connectivity index (χ2v) is 11.1. The normalized spacial score (nSPS) is 18.3. The Morgan fingerprint density at radius 1 is 1.00 bits per heavy atom. The van der Waals surface area contributed by atoms with Crippen molar-refractivity contribution in [3.8, 4) is 0 Å². The predicted octanol–water partition coefficient (Wildman–Crippen LogP) is 5.39. The minimum atomic E-state index is -5.14. The Morgan fingerprint density at radius 2 is 1.67 bits per heavy atom. The number of amides is 1. The van der Waals surface area contributed by atoms with Gasteiger partial charge in [-0.3, -0.25) is 18.8 Å². The summed E-state index contributed by atoms with van der Waals surface area (Å²) in [5, 5.41) is 14.4. The second kappa shape index (κ2) is 12.2. The zero-order valence-electron chi connectivity index (χ0n) is 21.8. The Bertz CT molecular complexity index is 1530. The number of halogens is 6. The van der Waals surface area contributed by atoms with Gasteiger partial charge < -0.3 is 15.3 Å². The summed E-state index contributed by atoms with van der Waals surface area (Å²) in [6.07, 6.45) is -9.51. The number of para-hydroxylation sites is 1. The van der Waals surface area contributed by atoms with E-state index in [0.717, 1.165) is 17.2 Å². The molecule has 2 atom stereocenters. The van der Waals surface area contributed by atoms with Crippen LogP contribution in [0.15, 0.2) is 77.3 Å². The van der Waals surface area contributed by atoms with Gasteiger partial charge in [0.25, 0.3) is 11.7 Å². The Morgan fingerprint density at radius 3 is 2.33 bits per heavy atom. The fraction of sp³-hybridized carbons (Fsp3) is 0.321. The number of nitrogens with zero attached hydrogens (tertiary/aromatic N) is 2. The summed E-state index contributed by atoms with van der Waals surface area (Å²) in [6, 6.07) is 14.2. The van der Waals surface area contributed by atoms with Crippen LogP contribution in [0.3, 0.4) is 0 Å². The van der Waals surface area contributed by atoms with E-state index in [0.29, 0.717) is 10.4 Å². The molecule has 3 aromatic rings. The molecule has 1 aliphatic rings. The molecule has 224 valence electrons. The number of nitrogens with one attached hydrogen (secondary N) is 1. The molecule has 1 aromatic heterocycles. The van der Waals surface area contributed by atoms with Crippen molar-refractivity contribution >= 4 is 39.1 Å². The molecule has 42 heavy (non-hydrogen) atoms. The number of ketones is 1. The SMILES string of the molecule is O=C1C(CC(F)(F)F)=CC(O)(CS(=O)c2ccccc2)N1CCCCNc1c(C(=O)C(F)(F)F)cnc2ccccc12. The molecule has 0 radical (unpaired) electrons. The van der Waals surface area contributed by atoms with Gasteiger partial charge in [-0.05, 0) is 37.1 Å². The van der Waals surface area contributed by atoms with E-state index in [4.69, 9.17) is 0 Å². The maximum absolute atomic E-state index is 13.2. The first kappa shape index (κ1) is 31.2. The van der Waals surface area contributed by atoms with E-state index in [1.54, 1.807) is 36.4 Å². The fourth-order valence-corrected chi connectivity index (χ4v) is 5.89. The number of alkyl halides is 6. The van der Waals surface area contributed by atoms with Crippen molar-refractivity contribution in [1.82, 2.24) is 9.88 Å². The average Bonchev–Trinajstić information content (AvgIpc) is 3.14. The number of hydrogen-bond donors (Lipinski definition) is 2. The third-order valence-electron chi connectivity index (χ3n) is 6.52. The molecule has 0 aliphatic carbocycles. The van der Waals surface area contributed by atoms with E-state index in [2.05, 4.69) is 10.3 Å². The van der Waals surface area contributed by atoms with E-state index in [9.17, 15) is 45.2 Å². The third-order valence-corrected chi connectivity index (χ3v) is 8.01. The van der Waals surface area contributed by atoms with Crippen LogP contribution in [0.1, 0.15) is 29.6 Å². The van der Waals surface area contributed by atoms with E-state index in [1.807, 2.05) is 0 Å². The van der Waals surface area contributed by atoms with E-state index < -0.39 is 63.9 Å². The number of fused-ring (bicyclic) bond motifs is 1. The largest absolute Gasteiger partial charge is 0.455 e. The summed E-state index contributed by atoms with van der Waals surface area (Å²) in [7, 11) is -1.86. The number of carbonyl (C=O) groups is 2. The highest BCUT2D eigenvalue weighted by molar-refractivity contribution is 7.85. The van der Waals surface area contributed by atoms with Crippen molar-refractivity contribution in [1.29, 1.82) is 0 Å². The van der Waals surface area contributed by atoms with Gasteiger partial charge in [-0.15, -0.1) is 0 Å². The van der Waals surface area contributed by atoms with Gasteiger partial charge in [-0.2, -0.15) is 26.3 Å². The van der Waals surface area contributed by atoms with E-state index in [1.165, 1.54) is 18.2 Å². The Labute approximate surface area is 238 Å². The maximum atomic E-state index is 13.2. The number of unbranched alkanes of at least 4 members (excludes halogenated alkanes) is 1. The van der Waals surface area contributed by atoms with Crippen molar-refractivity contribution < 1.29 is 45.2 Å². The number of carbonyl (C=O) groups excluding carboxylic acids is 2. The van der Waals surface area contributed by atoms with E-state index in [-0.39, 0.29) is 37.0 Å². The van der Waals surface area contributed by atoms with Gasteiger partial charge in [-0.1, -0.05) is 36.4 Å². The average molecular weight is 614 g/mol. The molecule has 7 nitrogen and oxygen atoms in total. The lowest BCUT2D eigenvalue weighted by Gasteiger charge is -2.33. The van der Waals surface area contributed by atoms with Crippen LogP contribution in [0, 0.1) is 0 Å². The van der Waals surface area contributed by atoms with Crippen molar-refractivity contribution in [3.63, 3.8) is 0 Å². The number of benzene rings is 2. The highest BCUT2D eigenvalue weighted by atomic mass is 32.2. The quantitative estimate of drug-likeness (QED) is 0.171. The Kier molecular flexibility index (Phi) is 9.06. The molecule has 2 heterocycles. The molecular formula is C28H25F6N3O4S. The summed E-state index contributed by atoms with van der Waals surface area (Å²) in [5.41, 5.74) is -3.33. The van der Waals surface area contributed by atoms with Gasteiger partial charge in [0.15, 0.2) is 5.72 Å². The maximum Gasteiger partial charge on any atom is 0.455 e. The topological polar surface area (TPSA) is 99.6 Å². The number of anilines is 1. The lowest BCUT2D eigenvalue weighted by Crippen LogP contribution is -2.50. The summed E-state index contributed by atoms with van der Waals surface area (Å²) in [5.74, 6) is -3.69. The van der Waals surface area contributed by atoms with Crippen LogP contribution >= 0.6 is 0 Å². The molecule has 0 spiro atoms. The first-order valence-corrected chi connectivity index (χ1v) is 14.0. The molecule has 2 aromatic carbocycles. The third kappa shape index (κ3) is 7.16. The summed E-state index contributed by atoms with van der Waals surface area (Å²) < 4.78 is 91.9. The lowest BCUT2D eigenvalue weighted by molar-refractivity contribution is -0.145. The molecule has 4 rings (SSSR count). The molecule has 0 fully saturated rings. The first-order valence-electron chi connectivity index (χ1n) is 12.7. The zero-order chi connectivity index (χ0) is 30.7. The minimum absolute atomic E-state index is 0.0192. The number of Topliss-reactive ketones (excluding diaryl/α,β-unsaturated/α-hetero) is 1.